The van der Waals surface area contributed by atoms with E-state index in [1.807, 2.05) is 61.9 Å². The molecule has 1 atom stereocenters. The van der Waals surface area contributed by atoms with E-state index in [4.69, 9.17) is 4.79 Å². The number of fused-ring (bicyclic) bond motifs is 1. The number of carbonyl (C=O) groups is 3. The predicted octanol–water partition coefficient (Wildman–Crippen LogP) is 4.89. The molecule has 0 radical (unpaired) electrons. The Labute approximate surface area is 189 Å². The molecule has 31 heavy (non-hydrogen) atoms. The third kappa shape index (κ3) is 8.94. The summed E-state index contributed by atoms with van der Waals surface area (Å²) >= 11 is 0. The van der Waals surface area contributed by atoms with Crippen LogP contribution < -0.4 is 0 Å². The Morgan fingerprint density at radius 2 is 1.42 bits per heavy atom. The second-order valence-corrected chi connectivity index (χ2v) is 8.38. The van der Waals surface area contributed by atoms with Crippen LogP contribution in [0.3, 0.4) is 0 Å². The van der Waals surface area contributed by atoms with Gasteiger partial charge in [0, 0.05) is 37.4 Å². The van der Waals surface area contributed by atoms with Crippen molar-refractivity contribution >= 4 is 18.5 Å². The van der Waals surface area contributed by atoms with E-state index < -0.39 is 0 Å². The van der Waals surface area contributed by atoms with Crippen molar-refractivity contribution in [1.82, 2.24) is 9.80 Å². The zero-order valence-electron chi connectivity index (χ0n) is 19.9. The molecule has 0 aromatic heterocycles. The Morgan fingerprint density at radius 3 is 1.87 bits per heavy atom. The van der Waals surface area contributed by atoms with Gasteiger partial charge < -0.3 is 14.6 Å². The first kappa shape index (κ1) is 27.0. The van der Waals surface area contributed by atoms with Crippen molar-refractivity contribution in [1.29, 1.82) is 0 Å². The lowest BCUT2D eigenvalue weighted by Gasteiger charge is -2.26. The molecule has 4 aliphatic rings. The number of nitrogens with zero attached hydrogens (tertiary/aromatic N) is 2. The monoisotopic (exact) mass is 430 g/mol. The molecule has 1 spiro atoms. The van der Waals surface area contributed by atoms with Crippen LogP contribution in [0, 0.1) is 0 Å². The lowest BCUT2D eigenvalue weighted by molar-refractivity contribution is -0.134. The normalized spacial score (nSPS) is 23.2. The zero-order valence-corrected chi connectivity index (χ0v) is 19.9. The third-order valence-electron chi connectivity index (χ3n) is 6.45. The van der Waals surface area contributed by atoms with Gasteiger partial charge in [-0.1, -0.05) is 50.2 Å². The van der Waals surface area contributed by atoms with Crippen molar-refractivity contribution in [3.05, 3.63) is 36.4 Å². The maximum absolute atomic E-state index is 11.6. The van der Waals surface area contributed by atoms with Gasteiger partial charge in [-0.3, -0.25) is 9.59 Å². The van der Waals surface area contributed by atoms with E-state index in [9.17, 15) is 9.59 Å². The van der Waals surface area contributed by atoms with E-state index in [1.165, 1.54) is 32.2 Å². The fourth-order valence-electron chi connectivity index (χ4n) is 4.56. The van der Waals surface area contributed by atoms with Gasteiger partial charge in [0.2, 0.25) is 5.91 Å². The van der Waals surface area contributed by atoms with E-state index in [0.717, 1.165) is 31.3 Å². The van der Waals surface area contributed by atoms with Gasteiger partial charge in [0.1, 0.15) is 12.6 Å². The molecule has 5 nitrogen and oxygen atoms in total. The fourth-order valence-corrected chi connectivity index (χ4v) is 4.56. The SMILES string of the molecule is C=O.CC.CN1CCCC12CC2.O=C1CCCC(=O)N2CCC[C@@H]2C1.c1ccccc1. The Morgan fingerprint density at radius 1 is 0.839 bits per heavy atom. The molecule has 3 saturated heterocycles. The molecule has 0 N–H and O–H groups in total. The first-order valence-electron chi connectivity index (χ1n) is 11.9. The second kappa shape index (κ2) is 14.9. The molecule has 5 heteroatoms. The van der Waals surface area contributed by atoms with E-state index in [2.05, 4.69) is 11.9 Å². The molecule has 1 aromatic rings. The van der Waals surface area contributed by atoms with Crippen LogP contribution in [0.1, 0.15) is 78.1 Å². The topological polar surface area (TPSA) is 57.7 Å². The highest BCUT2D eigenvalue weighted by atomic mass is 16.2. The minimum atomic E-state index is 0.236. The van der Waals surface area contributed by atoms with Gasteiger partial charge in [0.05, 0.1) is 0 Å². The van der Waals surface area contributed by atoms with Crippen molar-refractivity contribution in [2.24, 2.45) is 0 Å². The number of hydrogen-bond donors (Lipinski definition) is 0. The minimum absolute atomic E-state index is 0.236. The molecule has 1 aliphatic carbocycles. The summed E-state index contributed by atoms with van der Waals surface area (Å²) in [5.41, 5.74) is 0.736. The van der Waals surface area contributed by atoms with Gasteiger partial charge in [-0.25, -0.2) is 0 Å². The summed E-state index contributed by atoms with van der Waals surface area (Å²) in [6, 6.07) is 12.2. The first-order valence-corrected chi connectivity index (χ1v) is 11.9. The highest BCUT2D eigenvalue weighted by Gasteiger charge is 2.48. The average Bonchev–Trinajstić information content (AvgIpc) is 3.33. The van der Waals surface area contributed by atoms with Crippen molar-refractivity contribution in [3.8, 4) is 0 Å². The number of benzene rings is 1. The highest BCUT2D eigenvalue weighted by Crippen LogP contribution is 2.48. The maximum Gasteiger partial charge on any atom is 0.222 e. The highest BCUT2D eigenvalue weighted by molar-refractivity contribution is 5.83. The van der Waals surface area contributed by atoms with E-state index in [0.29, 0.717) is 25.0 Å². The van der Waals surface area contributed by atoms with Gasteiger partial charge in [-0.15, -0.1) is 0 Å². The van der Waals surface area contributed by atoms with Crippen LogP contribution in [0.4, 0.5) is 0 Å². The molecule has 174 valence electrons. The molecule has 1 saturated carbocycles. The van der Waals surface area contributed by atoms with Crippen LogP contribution in [0.2, 0.25) is 0 Å². The van der Waals surface area contributed by atoms with Crippen LogP contribution in [0.5, 0.6) is 0 Å². The van der Waals surface area contributed by atoms with Gasteiger partial charge in [0.25, 0.3) is 0 Å². The summed E-state index contributed by atoms with van der Waals surface area (Å²) in [6.45, 7) is 8.22. The Kier molecular flexibility index (Phi) is 13.0. The molecular weight excluding hydrogens is 388 g/mol. The number of Topliss-reactive ketones (excluding diaryl/α,β-unsaturated/α-hetero) is 1. The number of carbonyl (C=O) groups excluding carboxylic acids is 3. The number of amides is 1. The van der Waals surface area contributed by atoms with Gasteiger partial charge in [-0.05, 0) is 58.5 Å². The van der Waals surface area contributed by atoms with Crippen LogP contribution in [-0.4, -0.2) is 60.0 Å². The molecule has 0 bridgehead atoms. The van der Waals surface area contributed by atoms with Crippen molar-refractivity contribution in [2.75, 3.05) is 20.1 Å². The Balaban J connectivity index is 0.000000229. The molecule has 0 unspecified atom stereocenters. The zero-order chi connectivity index (χ0) is 23.1. The quantitative estimate of drug-likeness (QED) is 0.588. The van der Waals surface area contributed by atoms with Gasteiger partial charge in [-0.2, -0.15) is 0 Å². The number of hydrogen-bond acceptors (Lipinski definition) is 4. The number of rotatable bonds is 0. The summed E-state index contributed by atoms with van der Waals surface area (Å²) in [6.07, 6.45) is 10.5. The van der Waals surface area contributed by atoms with Gasteiger partial charge >= 0.3 is 0 Å². The summed E-state index contributed by atoms with van der Waals surface area (Å²) in [4.78, 5) is 35.4. The molecular formula is C26H42N2O3. The maximum atomic E-state index is 11.6. The molecule has 4 fully saturated rings. The largest absolute Gasteiger partial charge is 0.339 e. The smallest absolute Gasteiger partial charge is 0.222 e. The van der Waals surface area contributed by atoms with Crippen LogP contribution in [-0.2, 0) is 14.4 Å². The standard InChI is InChI=1S/C10H15NO2.C7H13N.C6H6.C2H6.CH2O/c12-9-4-1-5-10(13)11-6-2-3-8(11)7-9;1-8-6-2-3-7(8)4-5-7;1-2-4-6-5-3-1;2*1-2/h8H,1-7H2;2-6H2,1H3;1-6H;1-2H3;1H2/t8-;;;;/m1..../s1. The summed E-state index contributed by atoms with van der Waals surface area (Å²) < 4.78 is 0. The summed E-state index contributed by atoms with van der Waals surface area (Å²) in [5, 5.41) is 0. The summed E-state index contributed by atoms with van der Waals surface area (Å²) in [7, 11) is 2.26. The Hall–Kier alpha value is -2.01. The lowest BCUT2D eigenvalue weighted by atomic mass is 10.0. The van der Waals surface area contributed by atoms with Crippen LogP contribution in [0.15, 0.2) is 36.4 Å². The minimum Gasteiger partial charge on any atom is -0.339 e. The molecule has 3 aliphatic heterocycles. The average molecular weight is 431 g/mol. The second-order valence-electron chi connectivity index (χ2n) is 8.38. The van der Waals surface area contributed by atoms with E-state index in [1.54, 1.807) is 0 Å². The predicted molar refractivity (Wildman–Crippen MR) is 127 cm³/mol. The van der Waals surface area contributed by atoms with Gasteiger partial charge in [0.15, 0.2) is 0 Å². The lowest BCUT2D eigenvalue weighted by Crippen LogP contribution is -2.38. The fraction of sp³-hybridized carbons (Fsp3) is 0.654. The number of likely N-dealkylation sites (tertiary alicyclic amines) is 1. The molecule has 1 amide bonds. The molecule has 3 heterocycles. The van der Waals surface area contributed by atoms with E-state index >= 15 is 0 Å². The van der Waals surface area contributed by atoms with Crippen molar-refractivity contribution in [3.63, 3.8) is 0 Å². The first-order chi connectivity index (χ1) is 15.1. The van der Waals surface area contributed by atoms with Crippen LogP contribution in [0.25, 0.3) is 0 Å². The van der Waals surface area contributed by atoms with Crippen molar-refractivity contribution < 1.29 is 14.4 Å². The molecule has 1 aromatic carbocycles. The summed E-state index contributed by atoms with van der Waals surface area (Å²) in [5.74, 6) is 0.597. The number of ketones is 1. The van der Waals surface area contributed by atoms with Crippen molar-refractivity contribution in [2.45, 2.75) is 89.6 Å². The molecule has 5 rings (SSSR count). The Bertz CT molecular complexity index is 604. The van der Waals surface area contributed by atoms with E-state index in [-0.39, 0.29) is 11.9 Å². The third-order valence-corrected chi connectivity index (χ3v) is 6.45. The van der Waals surface area contributed by atoms with Crippen LogP contribution >= 0.6 is 0 Å².